The molecule has 2 N–H and O–H groups in total. The Morgan fingerprint density at radius 3 is 2.48 bits per heavy atom. The molecule has 1 unspecified atom stereocenters. The molecular formula is C13H15BrN2O5. The van der Waals surface area contributed by atoms with E-state index in [4.69, 9.17) is 9.84 Å². The third-order valence-corrected chi connectivity index (χ3v) is 3.94. The summed E-state index contributed by atoms with van der Waals surface area (Å²) >= 11 is 3.35. The van der Waals surface area contributed by atoms with Crippen molar-refractivity contribution < 1.29 is 19.7 Å². The van der Waals surface area contributed by atoms with Gasteiger partial charge in [-0.2, -0.15) is 0 Å². The molecule has 0 spiro atoms. The summed E-state index contributed by atoms with van der Waals surface area (Å²) < 4.78 is 8.51. The second-order valence-electron chi connectivity index (χ2n) is 4.69. The minimum atomic E-state index is -1.10. The molecule has 0 radical (unpaired) electrons. The first kappa shape index (κ1) is 15.7. The van der Waals surface area contributed by atoms with Crippen LogP contribution in [-0.2, 0) is 23.6 Å². The molecule has 7 nitrogen and oxygen atoms in total. The normalized spacial score (nSPS) is 12.8. The number of aromatic nitrogens is 2. The van der Waals surface area contributed by atoms with E-state index in [0.29, 0.717) is 15.6 Å². The predicted molar refractivity (Wildman–Crippen MR) is 79.3 cm³/mol. The van der Waals surface area contributed by atoms with E-state index in [9.17, 15) is 14.7 Å². The van der Waals surface area contributed by atoms with E-state index in [1.54, 1.807) is 26.2 Å². The van der Waals surface area contributed by atoms with Crippen molar-refractivity contribution in [3.05, 3.63) is 32.7 Å². The quantitative estimate of drug-likeness (QED) is 0.823. The maximum atomic E-state index is 11.9. The van der Waals surface area contributed by atoms with E-state index in [2.05, 4.69) is 15.9 Å². The highest BCUT2D eigenvalue weighted by molar-refractivity contribution is 9.10. The zero-order valence-corrected chi connectivity index (χ0v) is 13.1. The number of aliphatic carboxylic acids is 1. The van der Waals surface area contributed by atoms with Crippen LogP contribution >= 0.6 is 15.9 Å². The lowest BCUT2D eigenvalue weighted by molar-refractivity contribution is -0.143. The molecule has 0 amide bonds. The van der Waals surface area contributed by atoms with Gasteiger partial charge in [0.2, 0.25) is 0 Å². The molecule has 0 aliphatic heterocycles. The van der Waals surface area contributed by atoms with Crippen molar-refractivity contribution in [3.63, 3.8) is 0 Å². The largest absolute Gasteiger partial charge is 0.480 e. The van der Waals surface area contributed by atoms with Crippen LogP contribution in [0.1, 0.15) is 11.7 Å². The predicted octanol–water partition coefficient (Wildman–Crippen LogP) is 0.774. The number of aliphatic hydroxyl groups excluding tert-OH is 1. The summed E-state index contributed by atoms with van der Waals surface area (Å²) in [6, 6.07) is 3.43. The van der Waals surface area contributed by atoms with Crippen molar-refractivity contribution in [2.24, 2.45) is 14.1 Å². The summed E-state index contributed by atoms with van der Waals surface area (Å²) in [6.45, 7) is -0.613. The SMILES string of the molecule is Cn1c(=O)n(C)c2cc(C(O)COCC(=O)O)c(Br)cc21. The number of halogens is 1. The highest BCUT2D eigenvalue weighted by Crippen LogP contribution is 2.28. The first-order chi connectivity index (χ1) is 9.82. The molecule has 2 aromatic rings. The zero-order chi connectivity index (χ0) is 15.7. The Labute approximate surface area is 128 Å². The molecule has 1 aromatic heterocycles. The van der Waals surface area contributed by atoms with Gasteiger partial charge in [0.25, 0.3) is 0 Å². The molecule has 21 heavy (non-hydrogen) atoms. The standard InChI is InChI=1S/C13H15BrN2O5/c1-15-9-3-7(11(17)5-21-6-12(18)19)8(14)4-10(9)16(2)13(15)20/h3-4,11,17H,5-6H2,1-2H3,(H,18,19). The fraction of sp³-hybridized carbons (Fsp3) is 0.385. The minimum absolute atomic E-state index is 0.142. The van der Waals surface area contributed by atoms with Crippen molar-refractivity contribution in [3.8, 4) is 0 Å². The van der Waals surface area contributed by atoms with Crippen LogP contribution in [0.5, 0.6) is 0 Å². The molecule has 114 valence electrons. The van der Waals surface area contributed by atoms with Gasteiger partial charge in [-0.25, -0.2) is 9.59 Å². The Hall–Kier alpha value is -1.64. The van der Waals surface area contributed by atoms with Crippen LogP contribution in [0.2, 0.25) is 0 Å². The summed E-state index contributed by atoms with van der Waals surface area (Å²) in [5.74, 6) is -1.10. The van der Waals surface area contributed by atoms with E-state index in [0.717, 1.165) is 5.52 Å². The molecule has 1 atom stereocenters. The fourth-order valence-electron chi connectivity index (χ4n) is 2.14. The Bertz CT molecular complexity index is 749. The Balaban J connectivity index is 2.36. The number of hydrogen-bond acceptors (Lipinski definition) is 4. The van der Waals surface area contributed by atoms with Crippen molar-refractivity contribution in [1.29, 1.82) is 0 Å². The summed E-state index contributed by atoms with van der Waals surface area (Å²) in [4.78, 5) is 22.3. The van der Waals surface area contributed by atoms with Crippen LogP contribution in [0.3, 0.4) is 0 Å². The smallest absolute Gasteiger partial charge is 0.329 e. The summed E-state index contributed by atoms with van der Waals surface area (Å²) in [7, 11) is 3.32. The summed E-state index contributed by atoms with van der Waals surface area (Å²) in [6.07, 6.45) is -0.988. The number of imidazole rings is 1. The van der Waals surface area contributed by atoms with Gasteiger partial charge in [-0.3, -0.25) is 9.13 Å². The van der Waals surface area contributed by atoms with E-state index < -0.39 is 18.7 Å². The molecule has 0 saturated heterocycles. The van der Waals surface area contributed by atoms with E-state index in [1.165, 1.54) is 9.13 Å². The van der Waals surface area contributed by atoms with Crippen LogP contribution in [0.25, 0.3) is 11.0 Å². The number of ether oxygens (including phenoxy) is 1. The van der Waals surface area contributed by atoms with Gasteiger partial charge in [0, 0.05) is 18.6 Å². The Kier molecular flexibility index (Phi) is 4.50. The molecule has 0 aliphatic carbocycles. The number of nitrogens with zero attached hydrogens (tertiary/aromatic N) is 2. The molecule has 2 rings (SSSR count). The van der Waals surface area contributed by atoms with Gasteiger partial charge < -0.3 is 14.9 Å². The number of aliphatic hydroxyl groups is 1. The van der Waals surface area contributed by atoms with Crippen molar-refractivity contribution in [1.82, 2.24) is 9.13 Å². The van der Waals surface area contributed by atoms with E-state index in [1.807, 2.05) is 0 Å². The van der Waals surface area contributed by atoms with Gasteiger partial charge >= 0.3 is 11.7 Å². The van der Waals surface area contributed by atoms with Gasteiger partial charge in [-0.15, -0.1) is 0 Å². The Morgan fingerprint density at radius 2 is 1.90 bits per heavy atom. The lowest BCUT2D eigenvalue weighted by Gasteiger charge is -2.13. The third-order valence-electron chi connectivity index (χ3n) is 3.25. The van der Waals surface area contributed by atoms with Gasteiger partial charge in [-0.1, -0.05) is 15.9 Å². The van der Waals surface area contributed by atoms with Crippen LogP contribution in [-0.4, -0.2) is 38.5 Å². The highest BCUT2D eigenvalue weighted by atomic mass is 79.9. The lowest BCUT2D eigenvalue weighted by Crippen LogP contribution is -2.19. The van der Waals surface area contributed by atoms with Gasteiger partial charge in [-0.05, 0) is 17.7 Å². The van der Waals surface area contributed by atoms with Crippen molar-refractivity contribution in [2.75, 3.05) is 13.2 Å². The maximum absolute atomic E-state index is 11.9. The van der Waals surface area contributed by atoms with Crippen molar-refractivity contribution in [2.45, 2.75) is 6.10 Å². The molecule has 0 bridgehead atoms. The topological polar surface area (TPSA) is 93.7 Å². The number of carboxylic acid groups (broad SMARTS) is 1. The Morgan fingerprint density at radius 1 is 1.33 bits per heavy atom. The molecule has 0 saturated carbocycles. The minimum Gasteiger partial charge on any atom is -0.480 e. The number of carbonyl (C=O) groups is 1. The van der Waals surface area contributed by atoms with Gasteiger partial charge in [0.15, 0.2) is 0 Å². The summed E-state index contributed by atoms with van der Waals surface area (Å²) in [5, 5.41) is 18.6. The lowest BCUT2D eigenvalue weighted by atomic mass is 10.1. The molecule has 0 fully saturated rings. The number of aryl methyl sites for hydroxylation is 2. The molecule has 0 aliphatic rings. The highest BCUT2D eigenvalue weighted by Gasteiger charge is 2.17. The molecule has 1 aromatic carbocycles. The second kappa shape index (κ2) is 6.00. The molecule has 1 heterocycles. The number of rotatable bonds is 5. The maximum Gasteiger partial charge on any atom is 0.329 e. The van der Waals surface area contributed by atoms with Crippen LogP contribution < -0.4 is 5.69 Å². The van der Waals surface area contributed by atoms with Gasteiger partial charge in [0.05, 0.1) is 17.6 Å². The van der Waals surface area contributed by atoms with Crippen molar-refractivity contribution >= 4 is 32.9 Å². The second-order valence-corrected chi connectivity index (χ2v) is 5.54. The number of hydrogen-bond donors (Lipinski definition) is 2. The van der Waals surface area contributed by atoms with E-state index >= 15 is 0 Å². The number of benzene rings is 1. The van der Waals surface area contributed by atoms with Crippen LogP contribution in [0, 0.1) is 0 Å². The zero-order valence-electron chi connectivity index (χ0n) is 11.5. The first-order valence-corrected chi connectivity index (χ1v) is 6.94. The average Bonchev–Trinajstić information content (AvgIpc) is 2.62. The van der Waals surface area contributed by atoms with Crippen LogP contribution in [0.15, 0.2) is 21.4 Å². The third kappa shape index (κ3) is 3.02. The molecular weight excluding hydrogens is 344 g/mol. The monoisotopic (exact) mass is 358 g/mol. The number of fused-ring (bicyclic) bond motifs is 1. The average molecular weight is 359 g/mol. The van der Waals surface area contributed by atoms with E-state index in [-0.39, 0.29) is 12.3 Å². The number of carboxylic acids is 1. The first-order valence-electron chi connectivity index (χ1n) is 6.15. The van der Waals surface area contributed by atoms with Crippen LogP contribution in [0.4, 0.5) is 0 Å². The summed E-state index contributed by atoms with van der Waals surface area (Å²) in [5.41, 5.74) is 1.79. The van der Waals surface area contributed by atoms with Gasteiger partial charge in [0.1, 0.15) is 12.7 Å². The fourth-order valence-corrected chi connectivity index (χ4v) is 2.73. The molecule has 8 heteroatoms.